The number of para-hydroxylation sites is 1. The van der Waals surface area contributed by atoms with Crippen molar-refractivity contribution in [3.63, 3.8) is 0 Å². The molecular weight excluding hydrogens is 364 g/mol. The van der Waals surface area contributed by atoms with Crippen LogP contribution >= 0.6 is 11.6 Å². The molecule has 3 rings (SSSR count). The van der Waals surface area contributed by atoms with Gasteiger partial charge in [0, 0.05) is 12.8 Å². The number of benzene rings is 2. The number of methoxy groups -OCH3 is 1. The first-order valence-electron chi connectivity index (χ1n) is 8.36. The maximum Gasteiger partial charge on any atom is 0.257 e. The molecule has 0 radical (unpaired) electrons. The van der Waals surface area contributed by atoms with Crippen LogP contribution in [0.3, 0.4) is 0 Å². The molecule has 27 heavy (non-hydrogen) atoms. The van der Waals surface area contributed by atoms with E-state index in [1.165, 1.54) is 0 Å². The first-order chi connectivity index (χ1) is 13.1. The van der Waals surface area contributed by atoms with Crippen molar-refractivity contribution >= 4 is 23.2 Å². The topological polar surface area (TPSA) is 60.5 Å². The predicted molar refractivity (Wildman–Crippen MR) is 106 cm³/mol. The number of amides is 1. The van der Waals surface area contributed by atoms with Gasteiger partial charge in [-0.05, 0) is 55.5 Å². The summed E-state index contributed by atoms with van der Waals surface area (Å²) in [5, 5.41) is 3.40. The fourth-order valence-corrected chi connectivity index (χ4v) is 2.71. The summed E-state index contributed by atoms with van der Waals surface area (Å²) in [6, 6.07) is 17.9. The Morgan fingerprint density at radius 3 is 2.48 bits per heavy atom. The van der Waals surface area contributed by atoms with Gasteiger partial charge in [0.05, 0.1) is 28.6 Å². The Hall–Kier alpha value is -2.89. The van der Waals surface area contributed by atoms with Crippen LogP contribution in [0.15, 0.2) is 60.7 Å². The van der Waals surface area contributed by atoms with E-state index in [-0.39, 0.29) is 5.91 Å². The van der Waals surface area contributed by atoms with Gasteiger partial charge in [-0.1, -0.05) is 23.7 Å². The van der Waals surface area contributed by atoms with Crippen LogP contribution in [0.5, 0.6) is 11.5 Å². The van der Waals surface area contributed by atoms with Crippen LogP contribution in [-0.2, 0) is 11.3 Å². The summed E-state index contributed by atoms with van der Waals surface area (Å²) in [6.07, 6.45) is 0. The number of hydrogen-bond donors (Lipinski definition) is 1. The van der Waals surface area contributed by atoms with Crippen molar-refractivity contribution in [3.05, 3.63) is 82.6 Å². The smallest absolute Gasteiger partial charge is 0.257 e. The van der Waals surface area contributed by atoms with E-state index in [0.29, 0.717) is 40.1 Å². The fraction of sp³-hybridized carbons (Fsp3) is 0.143. The molecule has 0 unspecified atom stereocenters. The van der Waals surface area contributed by atoms with Gasteiger partial charge in [-0.2, -0.15) is 0 Å². The lowest BCUT2D eigenvalue weighted by molar-refractivity contribution is 0.102. The van der Waals surface area contributed by atoms with Gasteiger partial charge >= 0.3 is 0 Å². The number of ether oxygens (including phenoxy) is 2. The number of carbonyl (C=O) groups is 1. The normalized spacial score (nSPS) is 10.5. The molecule has 1 heterocycles. The van der Waals surface area contributed by atoms with Gasteiger partial charge in [-0.25, -0.2) is 0 Å². The van der Waals surface area contributed by atoms with Crippen molar-refractivity contribution < 1.29 is 14.3 Å². The van der Waals surface area contributed by atoms with Crippen LogP contribution in [-0.4, -0.2) is 18.0 Å². The highest BCUT2D eigenvalue weighted by molar-refractivity contribution is 6.32. The van der Waals surface area contributed by atoms with Crippen LogP contribution in [0, 0.1) is 6.92 Å². The summed E-state index contributed by atoms with van der Waals surface area (Å²) in [5.41, 5.74) is 2.62. The Morgan fingerprint density at radius 1 is 1.07 bits per heavy atom. The fourth-order valence-electron chi connectivity index (χ4n) is 2.54. The highest BCUT2D eigenvalue weighted by Gasteiger charge is 2.11. The number of carbonyl (C=O) groups excluding carboxylic acids is 1. The summed E-state index contributed by atoms with van der Waals surface area (Å²) in [7, 11) is 1.61. The number of rotatable bonds is 6. The molecule has 0 bridgehead atoms. The molecule has 138 valence electrons. The Balaban J connectivity index is 1.67. The number of nitrogens with one attached hydrogen (secondary N) is 1. The zero-order valence-electron chi connectivity index (χ0n) is 15.0. The molecule has 0 aliphatic carbocycles. The van der Waals surface area contributed by atoms with E-state index in [2.05, 4.69) is 10.3 Å². The molecular formula is C21H19ClN2O3. The van der Waals surface area contributed by atoms with Crippen LogP contribution in [0.2, 0.25) is 5.02 Å². The monoisotopic (exact) mass is 382 g/mol. The van der Waals surface area contributed by atoms with Crippen molar-refractivity contribution in [1.82, 2.24) is 4.98 Å². The molecule has 0 atom stereocenters. The maximum atomic E-state index is 12.5. The molecule has 6 heteroatoms. The quantitative estimate of drug-likeness (QED) is 0.633. The van der Waals surface area contributed by atoms with Gasteiger partial charge in [0.1, 0.15) is 11.5 Å². The Labute approximate surface area is 162 Å². The van der Waals surface area contributed by atoms with Gasteiger partial charge in [-0.3, -0.25) is 9.78 Å². The van der Waals surface area contributed by atoms with Crippen molar-refractivity contribution in [2.75, 3.05) is 12.4 Å². The van der Waals surface area contributed by atoms with Crippen molar-refractivity contribution in [2.24, 2.45) is 0 Å². The second kappa shape index (κ2) is 8.66. The Kier molecular flexibility index (Phi) is 6.06. The second-order valence-electron chi connectivity index (χ2n) is 5.88. The van der Waals surface area contributed by atoms with Gasteiger partial charge in [-0.15, -0.1) is 0 Å². The van der Waals surface area contributed by atoms with E-state index in [4.69, 9.17) is 21.1 Å². The molecule has 2 aromatic carbocycles. The zero-order chi connectivity index (χ0) is 19.2. The second-order valence-corrected chi connectivity index (χ2v) is 6.29. The largest absolute Gasteiger partial charge is 0.456 e. The lowest BCUT2D eigenvalue weighted by Crippen LogP contribution is -2.14. The highest BCUT2D eigenvalue weighted by atomic mass is 35.5. The Bertz CT molecular complexity index is 942. The molecule has 0 fully saturated rings. The minimum absolute atomic E-state index is 0.219. The number of pyridine rings is 1. The third-order valence-electron chi connectivity index (χ3n) is 3.86. The third kappa shape index (κ3) is 4.84. The zero-order valence-corrected chi connectivity index (χ0v) is 15.8. The number of anilines is 1. The van der Waals surface area contributed by atoms with E-state index in [1.54, 1.807) is 62.6 Å². The minimum atomic E-state index is -0.219. The summed E-state index contributed by atoms with van der Waals surface area (Å²) in [4.78, 5) is 16.9. The van der Waals surface area contributed by atoms with Gasteiger partial charge in [0.25, 0.3) is 5.91 Å². The molecule has 0 spiro atoms. The summed E-state index contributed by atoms with van der Waals surface area (Å²) in [6.45, 7) is 2.21. The van der Waals surface area contributed by atoms with E-state index in [1.807, 2.05) is 12.1 Å². The average molecular weight is 383 g/mol. The number of nitrogens with zero attached hydrogens (tertiary/aromatic N) is 1. The van der Waals surface area contributed by atoms with Gasteiger partial charge in [0.2, 0.25) is 0 Å². The predicted octanol–water partition coefficient (Wildman–Crippen LogP) is 5.23. The number of hydrogen-bond acceptors (Lipinski definition) is 4. The maximum absolute atomic E-state index is 12.5. The van der Waals surface area contributed by atoms with Crippen molar-refractivity contribution in [3.8, 4) is 11.5 Å². The lowest BCUT2D eigenvalue weighted by Gasteiger charge is -2.10. The Morgan fingerprint density at radius 2 is 1.81 bits per heavy atom. The lowest BCUT2D eigenvalue weighted by atomic mass is 10.1. The average Bonchev–Trinajstić information content (AvgIpc) is 2.65. The van der Waals surface area contributed by atoms with Crippen molar-refractivity contribution in [2.45, 2.75) is 13.5 Å². The molecule has 1 amide bonds. The molecule has 1 N–H and O–H groups in total. The number of aromatic nitrogens is 1. The number of aryl methyl sites for hydroxylation is 1. The molecule has 3 aromatic rings. The summed E-state index contributed by atoms with van der Waals surface area (Å²) in [5.74, 6) is 0.986. The minimum Gasteiger partial charge on any atom is -0.456 e. The van der Waals surface area contributed by atoms with Gasteiger partial charge < -0.3 is 14.8 Å². The molecule has 5 nitrogen and oxygen atoms in total. The van der Waals surface area contributed by atoms with Crippen molar-refractivity contribution in [1.29, 1.82) is 0 Å². The van der Waals surface area contributed by atoms with E-state index >= 15 is 0 Å². The molecule has 0 saturated heterocycles. The van der Waals surface area contributed by atoms with E-state index in [0.717, 1.165) is 5.69 Å². The molecule has 1 aromatic heterocycles. The highest BCUT2D eigenvalue weighted by Crippen LogP contribution is 2.29. The standard InChI is InChI=1S/C21H19ClN2O3/c1-14-18(12-9-16(23-14)13-26-2)21(25)24-15-7-10-17(11-8-15)27-20-6-4-3-5-19(20)22/h3-12H,13H2,1-2H3,(H,24,25). The third-order valence-corrected chi connectivity index (χ3v) is 4.17. The van der Waals surface area contributed by atoms with Crippen LogP contribution in [0.1, 0.15) is 21.7 Å². The van der Waals surface area contributed by atoms with Crippen LogP contribution in [0.4, 0.5) is 5.69 Å². The van der Waals surface area contributed by atoms with E-state index in [9.17, 15) is 4.79 Å². The van der Waals surface area contributed by atoms with Crippen LogP contribution < -0.4 is 10.1 Å². The summed E-state index contributed by atoms with van der Waals surface area (Å²) >= 11 is 6.09. The molecule has 0 saturated carbocycles. The summed E-state index contributed by atoms with van der Waals surface area (Å²) < 4.78 is 10.8. The molecule has 0 aliphatic rings. The first-order valence-corrected chi connectivity index (χ1v) is 8.74. The van der Waals surface area contributed by atoms with E-state index < -0.39 is 0 Å². The number of halogens is 1. The van der Waals surface area contributed by atoms with Gasteiger partial charge in [0.15, 0.2) is 0 Å². The molecule has 0 aliphatic heterocycles. The van der Waals surface area contributed by atoms with Crippen LogP contribution in [0.25, 0.3) is 0 Å². The first kappa shape index (κ1) is 18.9. The SMILES string of the molecule is COCc1ccc(C(=O)Nc2ccc(Oc3ccccc3Cl)cc2)c(C)n1.